The van der Waals surface area contributed by atoms with Crippen LogP contribution in [-0.4, -0.2) is 55.0 Å². The first kappa shape index (κ1) is 24.5. The molecule has 32 heavy (non-hydrogen) atoms. The van der Waals surface area contributed by atoms with Crippen molar-refractivity contribution in [1.29, 1.82) is 0 Å². The number of carboxylic acid groups (broad SMARTS) is 1. The zero-order valence-electron chi connectivity index (χ0n) is 17.4. The van der Waals surface area contributed by atoms with Crippen molar-refractivity contribution in [1.82, 2.24) is 0 Å². The molecule has 0 aliphatic rings. The Hall–Kier alpha value is -3.79. The molecule has 2 aromatic carbocycles. The summed E-state index contributed by atoms with van der Waals surface area (Å²) in [6.07, 6.45) is -1.23. The van der Waals surface area contributed by atoms with Crippen molar-refractivity contribution in [3.63, 3.8) is 0 Å². The average molecular weight is 446 g/mol. The van der Waals surface area contributed by atoms with Gasteiger partial charge in [-0.05, 0) is 41.8 Å². The van der Waals surface area contributed by atoms with E-state index in [2.05, 4.69) is 15.4 Å². The highest BCUT2D eigenvalue weighted by molar-refractivity contribution is 5.84. The lowest BCUT2D eigenvalue weighted by Crippen LogP contribution is -2.16. The van der Waals surface area contributed by atoms with Gasteiger partial charge in [0.25, 0.3) is 0 Å². The van der Waals surface area contributed by atoms with Gasteiger partial charge in [-0.2, -0.15) is 0 Å². The Kier molecular flexibility index (Phi) is 10.3. The molecule has 0 aromatic heterocycles. The number of amides is 2. The summed E-state index contributed by atoms with van der Waals surface area (Å²) in [6.45, 7) is 0.137. The van der Waals surface area contributed by atoms with Crippen LogP contribution in [0.5, 0.6) is 0 Å². The van der Waals surface area contributed by atoms with Crippen molar-refractivity contribution in [3.8, 4) is 0 Å². The second kappa shape index (κ2) is 13.5. The largest absolute Gasteiger partial charge is 0.508 e. The van der Waals surface area contributed by atoms with Crippen LogP contribution in [0.15, 0.2) is 48.5 Å². The number of hydrogen-bond donors (Lipinski definition) is 4. The first-order valence-corrected chi connectivity index (χ1v) is 9.98. The molecule has 0 radical (unpaired) electrons. The standard InChI is InChI=1S/C22H26N2O8/c25-11-1-12-31-22(29)32-14-2-13-30-21(28)24-19-9-5-17(6-10-19)15-16-3-7-18(8-4-16)23-20(26)27/h3-10,23,25H,1-2,11-15H2,(H,24,28)(H,26,27). The van der Waals surface area contributed by atoms with E-state index in [0.717, 1.165) is 11.1 Å². The highest BCUT2D eigenvalue weighted by Gasteiger charge is 2.06. The normalized spacial score (nSPS) is 10.2. The Bertz CT molecular complexity index is 869. The van der Waals surface area contributed by atoms with Gasteiger partial charge in [0.1, 0.15) is 0 Å². The molecule has 0 atom stereocenters. The summed E-state index contributed by atoms with van der Waals surface area (Å²) in [5.41, 5.74) is 3.11. The molecular weight excluding hydrogens is 420 g/mol. The van der Waals surface area contributed by atoms with Gasteiger partial charge in [0.05, 0.1) is 19.8 Å². The molecule has 0 aliphatic heterocycles. The topological polar surface area (TPSA) is 143 Å². The van der Waals surface area contributed by atoms with Crippen molar-refractivity contribution < 1.29 is 38.8 Å². The number of hydrogen-bond acceptors (Lipinski definition) is 7. The zero-order chi connectivity index (χ0) is 23.2. The molecule has 0 unspecified atom stereocenters. The summed E-state index contributed by atoms with van der Waals surface area (Å²) in [5.74, 6) is 0. The number of benzene rings is 2. The summed E-state index contributed by atoms with van der Waals surface area (Å²) >= 11 is 0. The third-order valence-electron chi connectivity index (χ3n) is 4.08. The first-order chi connectivity index (χ1) is 15.5. The number of carbonyl (C=O) groups excluding carboxylic acids is 2. The third kappa shape index (κ3) is 9.81. The molecule has 0 bridgehead atoms. The van der Waals surface area contributed by atoms with Gasteiger partial charge in [-0.15, -0.1) is 0 Å². The number of aliphatic hydroxyl groups is 1. The molecule has 2 aromatic rings. The molecule has 0 fully saturated rings. The van der Waals surface area contributed by atoms with Crippen molar-refractivity contribution in [2.24, 2.45) is 0 Å². The van der Waals surface area contributed by atoms with Crippen LogP contribution in [0.3, 0.4) is 0 Å². The quantitative estimate of drug-likeness (QED) is 0.301. The maximum absolute atomic E-state index is 11.8. The molecule has 172 valence electrons. The molecule has 2 amide bonds. The van der Waals surface area contributed by atoms with Crippen LogP contribution in [0.2, 0.25) is 0 Å². The predicted octanol–water partition coefficient (Wildman–Crippen LogP) is 3.84. The number of carbonyl (C=O) groups is 3. The van der Waals surface area contributed by atoms with Gasteiger partial charge in [-0.3, -0.25) is 10.6 Å². The predicted molar refractivity (Wildman–Crippen MR) is 116 cm³/mol. The fraction of sp³-hybridized carbons (Fsp3) is 0.318. The lowest BCUT2D eigenvalue weighted by atomic mass is 10.0. The molecule has 10 nitrogen and oxygen atoms in total. The maximum atomic E-state index is 11.8. The molecule has 2 rings (SSSR count). The van der Waals surface area contributed by atoms with Crippen molar-refractivity contribution in [2.45, 2.75) is 19.3 Å². The van der Waals surface area contributed by atoms with E-state index in [0.29, 0.717) is 30.6 Å². The summed E-state index contributed by atoms with van der Waals surface area (Å²) in [6, 6.07) is 14.3. The minimum absolute atomic E-state index is 0.0489. The molecular formula is C22H26N2O8. The zero-order valence-corrected chi connectivity index (χ0v) is 17.4. The SMILES string of the molecule is O=C(O)Nc1ccc(Cc2ccc(NC(=O)OCCCOC(=O)OCCCO)cc2)cc1. The van der Waals surface area contributed by atoms with Crippen LogP contribution in [-0.2, 0) is 20.6 Å². The molecule has 10 heteroatoms. The Balaban J connectivity index is 1.66. The van der Waals surface area contributed by atoms with Crippen molar-refractivity contribution >= 4 is 29.7 Å². The van der Waals surface area contributed by atoms with Crippen LogP contribution in [0.25, 0.3) is 0 Å². The van der Waals surface area contributed by atoms with E-state index in [4.69, 9.17) is 19.7 Å². The minimum atomic E-state index is -1.11. The van der Waals surface area contributed by atoms with E-state index in [1.54, 1.807) is 24.3 Å². The fourth-order valence-corrected chi connectivity index (χ4v) is 2.57. The van der Waals surface area contributed by atoms with E-state index in [1.807, 2.05) is 24.3 Å². The van der Waals surface area contributed by atoms with Crippen LogP contribution in [0.4, 0.5) is 25.8 Å². The summed E-state index contributed by atoms with van der Waals surface area (Å²) in [4.78, 5) is 33.6. The van der Waals surface area contributed by atoms with Gasteiger partial charge < -0.3 is 24.4 Å². The Labute approximate surface area is 185 Å². The Morgan fingerprint density at radius 2 is 1.22 bits per heavy atom. The van der Waals surface area contributed by atoms with Gasteiger partial charge in [0.2, 0.25) is 0 Å². The van der Waals surface area contributed by atoms with Gasteiger partial charge in [-0.1, -0.05) is 24.3 Å². The van der Waals surface area contributed by atoms with Gasteiger partial charge in [-0.25, -0.2) is 14.4 Å². The highest BCUT2D eigenvalue weighted by Crippen LogP contribution is 2.16. The molecule has 0 aliphatic carbocycles. The number of rotatable bonds is 11. The van der Waals surface area contributed by atoms with Crippen LogP contribution in [0, 0.1) is 0 Å². The average Bonchev–Trinajstić information content (AvgIpc) is 2.76. The first-order valence-electron chi connectivity index (χ1n) is 9.98. The highest BCUT2D eigenvalue weighted by atomic mass is 16.7. The summed E-state index contributed by atoms with van der Waals surface area (Å²) < 4.78 is 14.5. The van der Waals surface area contributed by atoms with Crippen LogP contribution in [0.1, 0.15) is 24.0 Å². The summed E-state index contributed by atoms with van der Waals surface area (Å²) in [7, 11) is 0. The van der Waals surface area contributed by atoms with E-state index < -0.39 is 18.3 Å². The number of anilines is 2. The Morgan fingerprint density at radius 3 is 1.75 bits per heavy atom. The van der Waals surface area contributed by atoms with Crippen molar-refractivity contribution in [2.75, 3.05) is 37.1 Å². The number of ether oxygens (including phenoxy) is 3. The molecule has 0 saturated heterocycles. The van der Waals surface area contributed by atoms with Crippen molar-refractivity contribution in [3.05, 3.63) is 59.7 Å². The van der Waals surface area contributed by atoms with Crippen LogP contribution < -0.4 is 10.6 Å². The smallest absolute Gasteiger partial charge is 0.465 e. The minimum Gasteiger partial charge on any atom is -0.465 e. The molecule has 4 N–H and O–H groups in total. The number of nitrogens with one attached hydrogen (secondary N) is 2. The maximum Gasteiger partial charge on any atom is 0.508 e. The second-order valence-electron chi connectivity index (χ2n) is 6.64. The van der Waals surface area contributed by atoms with E-state index in [-0.39, 0.29) is 26.4 Å². The monoisotopic (exact) mass is 446 g/mol. The lowest BCUT2D eigenvalue weighted by Gasteiger charge is -2.09. The molecule has 0 spiro atoms. The van der Waals surface area contributed by atoms with E-state index in [1.165, 1.54) is 0 Å². The lowest BCUT2D eigenvalue weighted by molar-refractivity contribution is 0.0469. The van der Waals surface area contributed by atoms with E-state index in [9.17, 15) is 14.4 Å². The third-order valence-corrected chi connectivity index (χ3v) is 4.08. The van der Waals surface area contributed by atoms with Gasteiger partial charge in [0.15, 0.2) is 0 Å². The molecule has 0 saturated carbocycles. The fourth-order valence-electron chi connectivity index (χ4n) is 2.57. The Morgan fingerprint density at radius 1 is 0.719 bits per heavy atom. The van der Waals surface area contributed by atoms with Crippen LogP contribution >= 0.6 is 0 Å². The molecule has 0 heterocycles. The number of aliphatic hydroxyl groups excluding tert-OH is 1. The van der Waals surface area contributed by atoms with Gasteiger partial charge in [0, 0.05) is 30.8 Å². The summed E-state index contributed by atoms with van der Waals surface area (Å²) in [5, 5.41) is 22.2. The van der Waals surface area contributed by atoms with Gasteiger partial charge >= 0.3 is 18.3 Å². The second-order valence-corrected chi connectivity index (χ2v) is 6.64. The van der Waals surface area contributed by atoms with E-state index >= 15 is 0 Å².